The molecule has 2 rings (SSSR count). The van der Waals surface area contributed by atoms with Crippen LogP contribution in [0.15, 0.2) is 53.4 Å². The fraction of sp³-hybridized carbons (Fsp3) is 0.235. The molecule has 0 aliphatic carbocycles. The van der Waals surface area contributed by atoms with Gasteiger partial charge in [0.1, 0.15) is 5.75 Å². The maximum absolute atomic E-state index is 12.2. The Balaban J connectivity index is 1.84. The van der Waals surface area contributed by atoms with Crippen molar-refractivity contribution < 1.29 is 17.9 Å². The highest BCUT2D eigenvalue weighted by Crippen LogP contribution is 2.15. The SMILES string of the molecule is COc1ccc(NC(=O)NCCS(=O)(=O)c2ccc(C)cc2)cc1. The molecular weight excluding hydrogens is 328 g/mol. The van der Waals surface area contributed by atoms with Gasteiger partial charge in [-0.25, -0.2) is 13.2 Å². The number of nitrogens with one attached hydrogen (secondary N) is 2. The minimum atomic E-state index is -3.41. The van der Waals surface area contributed by atoms with Gasteiger partial charge >= 0.3 is 6.03 Å². The Bertz CT molecular complexity index is 784. The lowest BCUT2D eigenvalue weighted by molar-refractivity contribution is 0.252. The van der Waals surface area contributed by atoms with E-state index in [4.69, 9.17) is 4.74 Å². The number of benzene rings is 2. The van der Waals surface area contributed by atoms with Crippen molar-refractivity contribution in [2.24, 2.45) is 0 Å². The molecule has 6 nitrogen and oxygen atoms in total. The minimum Gasteiger partial charge on any atom is -0.497 e. The Morgan fingerprint density at radius 1 is 1.04 bits per heavy atom. The molecule has 2 aromatic carbocycles. The van der Waals surface area contributed by atoms with Crippen LogP contribution in [0.5, 0.6) is 5.75 Å². The fourth-order valence-electron chi connectivity index (χ4n) is 2.01. The summed E-state index contributed by atoms with van der Waals surface area (Å²) in [6.45, 7) is 1.92. The van der Waals surface area contributed by atoms with Gasteiger partial charge in [0.05, 0.1) is 17.8 Å². The van der Waals surface area contributed by atoms with Crippen molar-refractivity contribution in [2.45, 2.75) is 11.8 Å². The van der Waals surface area contributed by atoms with Gasteiger partial charge in [0, 0.05) is 12.2 Å². The van der Waals surface area contributed by atoms with E-state index in [0.29, 0.717) is 11.4 Å². The molecule has 0 saturated heterocycles. The summed E-state index contributed by atoms with van der Waals surface area (Å²) in [5, 5.41) is 5.16. The molecule has 0 spiro atoms. The van der Waals surface area contributed by atoms with Crippen molar-refractivity contribution in [3.05, 3.63) is 54.1 Å². The number of rotatable bonds is 6. The first kappa shape index (κ1) is 17.8. The molecule has 2 aromatic rings. The predicted octanol–water partition coefficient (Wildman–Crippen LogP) is 2.60. The van der Waals surface area contributed by atoms with Crippen LogP contribution in [-0.4, -0.2) is 33.9 Å². The van der Waals surface area contributed by atoms with Gasteiger partial charge in [-0.05, 0) is 43.3 Å². The number of urea groups is 1. The lowest BCUT2D eigenvalue weighted by Crippen LogP contribution is -2.32. The Morgan fingerprint density at radius 2 is 1.67 bits per heavy atom. The predicted molar refractivity (Wildman–Crippen MR) is 93.2 cm³/mol. The molecule has 0 saturated carbocycles. The van der Waals surface area contributed by atoms with Gasteiger partial charge < -0.3 is 15.4 Å². The van der Waals surface area contributed by atoms with Crippen LogP contribution < -0.4 is 15.4 Å². The maximum atomic E-state index is 12.2. The summed E-state index contributed by atoms with van der Waals surface area (Å²) in [5.74, 6) is 0.525. The van der Waals surface area contributed by atoms with Crippen molar-refractivity contribution in [1.82, 2.24) is 5.32 Å². The third kappa shape index (κ3) is 4.99. The van der Waals surface area contributed by atoms with E-state index in [1.165, 1.54) is 0 Å². The van der Waals surface area contributed by atoms with Crippen molar-refractivity contribution >= 4 is 21.6 Å². The molecule has 0 aliphatic heterocycles. The van der Waals surface area contributed by atoms with Gasteiger partial charge in [0.2, 0.25) is 0 Å². The van der Waals surface area contributed by atoms with Crippen LogP contribution in [0.25, 0.3) is 0 Å². The summed E-state index contributed by atoms with van der Waals surface area (Å²) in [4.78, 5) is 12.0. The third-order valence-corrected chi connectivity index (χ3v) is 5.12. The number of hydrogen-bond acceptors (Lipinski definition) is 4. The Hall–Kier alpha value is -2.54. The van der Waals surface area contributed by atoms with E-state index in [9.17, 15) is 13.2 Å². The van der Waals surface area contributed by atoms with Crippen molar-refractivity contribution in [2.75, 3.05) is 24.7 Å². The van der Waals surface area contributed by atoms with E-state index >= 15 is 0 Å². The average molecular weight is 348 g/mol. The standard InChI is InChI=1S/C17H20N2O4S/c1-13-3-9-16(10-4-13)24(21,22)12-11-18-17(20)19-14-5-7-15(23-2)8-6-14/h3-10H,11-12H2,1-2H3,(H2,18,19,20). The topological polar surface area (TPSA) is 84.5 Å². The lowest BCUT2D eigenvalue weighted by atomic mass is 10.2. The van der Waals surface area contributed by atoms with E-state index in [-0.39, 0.29) is 17.2 Å². The number of aryl methyl sites for hydroxylation is 1. The Kier molecular flexibility index (Phi) is 5.81. The molecule has 0 aromatic heterocycles. The first-order valence-electron chi connectivity index (χ1n) is 7.39. The van der Waals surface area contributed by atoms with E-state index in [0.717, 1.165) is 5.56 Å². The highest BCUT2D eigenvalue weighted by molar-refractivity contribution is 7.91. The summed E-state index contributed by atoms with van der Waals surface area (Å²) in [5.41, 5.74) is 1.58. The van der Waals surface area contributed by atoms with Crippen LogP contribution in [0, 0.1) is 6.92 Å². The van der Waals surface area contributed by atoms with Crippen molar-refractivity contribution in [3.8, 4) is 5.75 Å². The average Bonchev–Trinajstić information content (AvgIpc) is 2.56. The molecule has 24 heavy (non-hydrogen) atoms. The number of anilines is 1. The number of hydrogen-bond donors (Lipinski definition) is 2. The van der Waals surface area contributed by atoms with Gasteiger partial charge in [0.25, 0.3) is 0 Å². The molecule has 0 heterocycles. The normalized spacial score (nSPS) is 10.9. The molecule has 0 unspecified atom stereocenters. The third-order valence-electron chi connectivity index (χ3n) is 3.38. The molecule has 0 atom stereocenters. The van der Waals surface area contributed by atoms with Crippen molar-refractivity contribution in [3.63, 3.8) is 0 Å². The maximum Gasteiger partial charge on any atom is 0.319 e. The van der Waals surface area contributed by atoms with Gasteiger partial charge in [-0.2, -0.15) is 0 Å². The summed E-state index contributed by atoms with van der Waals surface area (Å²) in [7, 11) is -1.85. The number of carbonyl (C=O) groups is 1. The van der Waals surface area contributed by atoms with Gasteiger partial charge in [-0.3, -0.25) is 0 Å². The fourth-order valence-corrected chi connectivity index (χ4v) is 3.17. The van der Waals surface area contributed by atoms with Gasteiger partial charge in [0.15, 0.2) is 9.84 Å². The van der Waals surface area contributed by atoms with Crippen LogP contribution in [-0.2, 0) is 9.84 Å². The second-order valence-corrected chi connectivity index (χ2v) is 7.35. The number of ether oxygens (including phenoxy) is 1. The van der Waals surface area contributed by atoms with E-state index < -0.39 is 15.9 Å². The smallest absolute Gasteiger partial charge is 0.319 e. The number of sulfone groups is 1. The number of methoxy groups -OCH3 is 1. The molecule has 2 N–H and O–H groups in total. The molecule has 7 heteroatoms. The zero-order chi connectivity index (χ0) is 17.6. The van der Waals surface area contributed by atoms with Gasteiger partial charge in [-0.15, -0.1) is 0 Å². The minimum absolute atomic E-state index is 0.0260. The van der Waals surface area contributed by atoms with E-state index in [1.54, 1.807) is 55.6 Å². The largest absolute Gasteiger partial charge is 0.497 e. The first-order chi connectivity index (χ1) is 11.4. The lowest BCUT2D eigenvalue weighted by Gasteiger charge is -2.09. The zero-order valence-electron chi connectivity index (χ0n) is 13.6. The summed E-state index contributed by atoms with van der Waals surface area (Å²) in [6, 6.07) is 13.0. The highest BCUT2D eigenvalue weighted by atomic mass is 32.2. The first-order valence-corrected chi connectivity index (χ1v) is 9.04. The molecule has 0 fully saturated rings. The Labute approximate surface area is 141 Å². The second-order valence-electron chi connectivity index (χ2n) is 5.24. The number of carbonyl (C=O) groups excluding carboxylic acids is 1. The summed E-state index contributed by atoms with van der Waals surface area (Å²) >= 11 is 0. The van der Waals surface area contributed by atoms with Crippen LogP contribution >= 0.6 is 0 Å². The van der Waals surface area contributed by atoms with Crippen LogP contribution in [0.3, 0.4) is 0 Å². The second kappa shape index (κ2) is 7.83. The molecule has 0 radical (unpaired) electrons. The van der Waals surface area contributed by atoms with Crippen LogP contribution in [0.2, 0.25) is 0 Å². The summed E-state index contributed by atoms with van der Waals surface area (Å²) < 4.78 is 29.4. The molecule has 0 bridgehead atoms. The summed E-state index contributed by atoms with van der Waals surface area (Å²) in [6.07, 6.45) is 0. The van der Waals surface area contributed by atoms with Crippen LogP contribution in [0.1, 0.15) is 5.56 Å². The molecule has 2 amide bonds. The molecule has 0 aliphatic rings. The zero-order valence-corrected chi connectivity index (χ0v) is 14.4. The van der Waals surface area contributed by atoms with E-state index in [1.807, 2.05) is 6.92 Å². The van der Waals surface area contributed by atoms with Gasteiger partial charge in [-0.1, -0.05) is 17.7 Å². The number of amides is 2. The molecular formula is C17H20N2O4S. The van der Waals surface area contributed by atoms with E-state index in [2.05, 4.69) is 10.6 Å². The quantitative estimate of drug-likeness (QED) is 0.840. The van der Waals surface area contributed by atoms with Crippen LogP contribution in [0.4, 0.5) is 10.5 Å². The Morgan fingerprint density at radius 3 is 2.25 bits per heavy atom. The molecule has 128 valence electrons. The monoisotopic (exact) mass is 348 g/mol. The van der Waals surface area contributed by atoms with Crippen molar-refractivity contribution in [1.29, 1.82) is 0 Å². The highest BCUT2D eigenvalue weighted by Gasteiger charge is 2.14.